The minimum atomic E-state index is -0.382. The van der Waals surface area contributed by atoms with Crippen LogP contribution >= 0.6 is 11.8 Å². The van der Waals surface area contributed by atoms with Gasteiger partial charge in [-0.2, -0.15) is 0 Å². The summed E-state index contributed by atoms with van der Waals surface area (Å²) in [7, 11) is 1.40. The lowest BCUT2D eigenvalue weighted by molar-refractivity contribution is -0.136. The SMILES string of the molecule is CCC1=C(C(=O)OC)C(c2cccc(C)c2)N2C(CC(=O)NCCN3CCCC3)=CSC2=N1. The van der Waals surface area contributed by atoms with Gasteiger partial charge in [-0.25, -0.2) is 9.79 Å². The van der Waals surface area contributed by atoms with E-state index in [1.807, 2.05) is 42.4 Å². The number of benzene rings is 1. The number of nitrogens with one attached hydrogen (secondary N) is 1. The molecule has 3 aliphatic heterocycles. The van der Waals surface area contributed by atoms with E-state index < -0.39 is 0 Å². The van der Waals surface area contributed by atoms with E-state index in [1.54, 1.807) is 0 Å². The maximum Gasteiger partial charge on any atom is 0.338 e. The Morgan fingerprint density at radius 2 is 2.06 bits per heavy atom. The molecule has 176 valence electrons. The zero-order chi connectivity index (χ0) is 23.4. The topological polar surface area (TPSA) is 74.2 Å². The van der Waals surface area contributed by atoms with Gasteiger partial charge in [0.05, 0.1) is 30.8 Å². The number of rotatable bonds is 8. The number of thioether (sulfide) groups is 1. The van der Waals surface area contributed by atoms with Crippen molar-refractivity contribution < 1.29 is 14.3 Å². The number of amidine groups is 1. The molecule has 7 nitrogen and oxygen atoms in total. The monoisotopic (exact) mass is 468 g/mol. The van der Waals surface area contributed by atoms with Crippen LogP contribution in [0.15, 0.2) is 51.6 Å². The smallest absolute Gasteiger partial charge is 0.338 e. The molecule has 3 heterocycles. The Morgan fingerprint density at radius 1 is 1.27 bits per heavy atom. The van der Waals surface area contributed by atoms with Gasteiger partial charge in [0.2, 0.25) is 5.91 Å². The third kappa shape index (κ3) is 5.17. The minimum absolute atomic E-state index is 0.0184. The molecule has 1 fully saturated rings. The number of hydrogen-bond donors (Lipinski definition) is 1. The van der Waals surface area contributed by atoms with Crippen LogP contribution in [0.2, 0.25) is 0 Å². The first-order valence-electron chi connectivity index (χ1n) is 11.6. The zero-order valence-electron chi connectivity index (χ0n) is 19.6. The molecule has 0 bridgehead atoms. The highest BCUT2D eigenvalue weighted by Crippen LogP contribution is 2.45. The normalized spacial score (nSPS) is 20.5. The molecule has 0 spiro atoms. The molecule has 1 aromatic carbocycles. The summed E-state index contributed by atoms with van der Waals surface area (Å²) in [5.41, 5.74) is 4.21. The molecule has 1 amide bonds. The molecule has 1 N–H and O–H groups in total. The summed E-state index contributed by atoms with van der Waals surface area (Å²) in [4.78, 5) is 34.9. The molecule has 1 aromatic rings. The number of nitrogens with zero attached hydrogens (tertiary/aromatic N) is 3. The highest BCUT2D eigenvalue weighted by atomic mass is 32.2. The average molecular weight is 469 g/mol. The third-order valence-corrected chi connectivity index (χ3v) is 7.17. The predicted molar refractivity (Wildman–Crippen MR) is 132 cm³/mol. The number of fused-ring (bicyclic) bond motifs is 1. The Hall–Kier alpha value is -2.58. The van der Waals surface area contributed by atoms with Crippen LogP contribution in [0.3, 0.4) is 0 Å². The molecule has 0 radical (unpaired) electrons. The number of hydrogen-bond acceptors (Lipinski definition) is 7. The number of aliphatic imine (C=N–C) groups is 1. The number of ether oxygens (including phenoxy) is 1. The van der Waals surface area contributed by atoms with E-state index in [0.29, 0.717) is 18.5 Å². The minimum Gasteiger partial charge on any atom is -0.466 e. The summed E-state index contributed by atoms with van der Waals surface area (Å²) in [5, 5.41) is 5.84. The van der Waals surface area contributed by atoms with E-state index in [2.05, 4.69) is 16.3 Å². The molecule has 33 heavy (non-hydrogen) atoms. The number of carbonyl (C=O) groups is 2. The Morgan fingerprint density at radius 3 is 2.76 bits per heavy atom. The lowest BCUT2D eigenvalue weighted by atomic mass is 9.92. The molecule has 8 heteroatoms. The molecular formula is C25H32N4O3S. The average Bonchev–Trinajstić information content (AvgIpc) is 3.47. The first kappa shape index (κ1) is 23.6. The standard InChI is InChI=1S/C25H32N4O3S/c1-4-20-22(24(31)32-3)23(18-9-7-8-17(2)14-18)29-19(16-33-25(29)27-20)15-21(30)26-10-13-28-11-5-6-12-28/h7-9,14,16,23H,4-6,10-13,15H2,1-3H3,(H,26,30). The zero-order valence-corrected chi connectivity index (χ0v) is 20.4. The van der Waals surface area contributed by atoms with E-state index in [-0.39, 0.29) is 24.3 Å². The lowest BCUT2D eigenvalue weighted by Crippen LogP contribution is -2.39. The number of methoxy groups -OCH3 is 1. The molecule has 4 rings (SSSR count). The first-order chi connectivity index (χ1) is 16.0. The quantitative estimate of drug-likeness (QED) is 0.586. The molecule has 1 atom stereocenters. The number of esters is 1. The van der Waals surface area contributed by atoms with Gasteiger partial charge in [0.25, 0.3) is 0 Å². The van der Waals surface area contributed by atoms with Gasteiger partial charge in [-0.3, -0.25) is 4.79 Å². The van der Waals surface area contributed by atoms with Crippen molar-refractivity contribution in [3.8, 4) is 0 Å². The Balaban J connectivity index is 1.57. The number of carbonyl (C=O) groups excluding carboxylic acids is 2. The third-order valence-electron chi connectivity index (χ3n) is 6.28. The fraction of sp³-hybridized carbons (Fsp3) is 0.480. The van der Waals surface area contributed by atoms with Crippen molar-refractivity contribution in [2.24, 2.45) is 4.99 Å². The molecule has 0 aliphatic carbocycles. The highest BCUT2D eigenvalue weighted by molar-refractivity contribution is 8.16. The van der Waals surface area contributed by atoms with Crippen LogP contribution < -0.4 is 5.32 Å². The lowest BCUT2D eigenvalue weighted by Gasteiger charge is -2.36. The summed E-state index contributed by atoms with van der Waals surface area (Å²) in [6.07, 6.45) is 3.34. The van der Waals surface area contributed by atoms with Gasteiger partial charge in [-0.1, -0.05) is 48.5 Å². The summed E-state index contributed by atoms with van der Waals surface area (Å²) < 4.78 is 5.17. The van der Waals surface area contributed by atoms with Crippen molar-refractivity contribution in [1.82, 2.24) is 15.1 Å². The van der Waals surface area contributed by atoms with Gasteiger partial charge in [0, 0.05) is 18.8 Å². The second kappa shape index (κ2) is 10.6. The van der Waals surface area contributed by atoms with Crippen LogP contribution in [-0.4, -0.2) is 60.1 Å². The summed E-state index contributed by atoms with van der Waals surface area (Å²) in [6.45, 7) is 7.80. The van der Waals surface area contributed by atoms with E-state index in [9.17, 15) is 9.59 Å². The Labute approximate surface area is 199 Å². The fourth-order valence-electron chi connectivity index (χ4n) is 4.65. The van der Waals surface area contributed by atoms with Gasteiger partial charge in [-0.05, 0) is 50.2 Å². The summed E-state index contributed by atoms with van der Waals surface area (Å²) in [5.74, 6) is -0.400. The maximum absolute atomic E-state index is 12.9. The first-order valence-corrected chi connectivity index (χ1v) is 12.5. The molecule has 0 saturated carbocycles. The van der Waals surface area contributed by atoms with Crippen molar-refractivity contribution in [2.45, 2.75) is 45.6 Å². The van der Waals surface area contributed by atoms with Gasteiger partial charge in [-0.15, -0.1) is 0 Å². The van der Waals surface area contributed by atoms with Crippen LogP contribution in [0.1, 0.15) is 49.8 Å². The Bertz CT molecular complexity index is 1010. The van der Waals surface area contributed by atoms with E-state index >= 15 is 0 Å². The highest BCUT2D eigenvalue weighted by Gasteiger charge is 2.41. The molecule has 1 unspecified atom stereocenters. The molecule has 1 saturated heterocycles. The van der Waals surface area contributed by atoms with Crippen molar-refractivity contribution in [3.63, 3.8) is 0 Å². The molecule has 0 aromatic heterocycles. The van der Waals surface area contributed by atoms with Gasteiger partial charge in [0.1, 0.15) is 0 Å². The van der Waals surface area contributed by atoms with Crippen LogP contribution in [0.5, 0.6) is 0 Å². The number of amides is 1. The van der Waals surface area contributed by atoms with Crippen molar-refractivity contribution in [2.75, 3.05) is 33.3 Å². The number of allylic oxidation sites excluding steroid dienone is 1. The predicted octanol–water partition coefficient (Wildman–Crippen LogP) is 3.74. The summed E-state index contributed by atoms with van der Waals surface area (Å²) >= 11 is 1.50. The van der Waals surface area contributed by atoms with Crippen molar-refractivity contribution in [3.05, 3.63) is 57.8 Å². The number of likely N-dealkylation sites (tertiary alicyclic amines) is 1. The van der Waals surface area contributed by atoms with Gasteiger partial charge >= 0.3 is 5.97 Å². The second-order valence-electron chi connectivity index (χ2n) is 8.59. The largest absolute Gasteiger partial charge is 0.466 e. The Kier molecular flexibility index (Phi) is 7.55. The van der Waals surface area contributed by atoms with Crippen LogP contribution in [0, 0.1) is 6.92 Å². The van der Waals surface area contributed by atoms with Crippen LogP contribution in [0.4, 0.5) is 0 Å². The maximum atomic E-state index is 12.9. The molecular weight excluding hydrogens is 436 g/mol. The summed E-state index contributed by atoms with van der Waals surface area (Å²) in [6, 6.07) is 7.76. The van der Waals surface area contributed by atoms with Crippen molar-refractivity contribution in [1.29, 1.82) is 0 Å². The van der Waals surface area contributed by atoms with E-state index in [1.165, 1.54) is 31.7 Å². The van der Waals surface area contributed by atoms with Crippen LogP contribution in [0.25, 0.3) is 0 Å². The second-order valence-corrected chi connectivity index (χ2v) is 9.43. The van der Waals surface area contributed by atoms with Crippen LogP contribution in [-0.2, 0) is 14.3 Å². The van der Waals surface area contributed by atoms with Gasteiger partial charge in [0.15, 0.2) is 5.17 Å². The van der Waals surface area contributed by atoms with Crippen molar-refractivity contribution >= 4 is 28.8 Å². The number of aryl methyl sites for hydroxylation is 1. The van der Waals surface area contributed by atoms with E-state index in [0.717, 1.165) is 47.3 Å². The van der Waals surface area contributed by atoms with Gasteiger partial charge < -0.3 is 19.9 Å². The van der Waals surface area contributed by atoms with E-state index in [4.69, 9.17) is 9.73 Å². The molecule has 3 aliphatic rings. The fourth-order valence-corrected chi connectivity index (χ4v) is 5.59.